The van der Waals surface area contributed by atoms with E-state index in [1.807, 2.05) is 42.5 Å². The van der Waals surface area contributed by atoms with Gasteiger partial charge in [-0.25, -0.2) is 4.79 Å². The number of hydrogen-bond donors (Lipinski definition) is 1. The summed E-state index contributed by atoms with van der Waals surface area (Å²) in [4.78, 5) is 13.1. The minimum Gasteiger partial charge on any atom is -0.493 e. The van der Waals surface area contributed by atoms with Crippen molar-refractivity contribution >= 4 is 22.0 Å². The van der Waals surface area contributed by atoms with Gasteiger partial charge in [0.1, 0.15) is 0 Å². The Morgan fingerprint density at radius 1 is 0.879 bits per heavy atom. The molecule has 33 heavy (non-hydrogen) atoms. The van der Waals surface area contributed by atoms with Crippen LogP contribution in [0, 0.1) is 0 Å². The zero-order valence-electron chi connectivity index (χ0n) is 18.9. The summed E-state index contributed by atoms with van der Waals surface area (Å²) in [5, 5.41) is 3.84. The van der Waals surface area contributed by atoms with E-state index in [4.69, 9.17) is 14.2 Å². The van der Waals surface area contributed by atoms with Gasteiger partial charge in [-0.2, -0.15) is 0 Å². The van der Waals surface area contributed by atoms with Crippen LogP contribution in [0.3, 0.4) is 0 Å². The highest BCUT2D eigenvalue weighted by atomic mass is 79.9. The number of ether oxygens (including phenoxy) is 3. The Kier molecular flexibility index (Phi) is 7.23. The van der Waals surface area contributed by atoms with Gasteiger partial charge in [0.2, 0.25) is 0 Å². The number of halogens is 1. The van der Waals surface area contributed by atoms with Crippen LogP contribution in [0.4, 0.5) is 4.79 Å². The van der Waals surface area contributed by atoms with Crippen LogP contribution < -0.4 is 14.8 Å². The van der Waals surface area contributed by atoms with E-state index >= 15 is 0 Å². The van der Waals surface area contributed by atoms with Crippen molar-refractivity contribution in [2.45, 2.75) is 31.4 Å². The second kappa shape index (κ2) is 10.3. The van der Waals surface area contributed by atoms with Gasteiger partial charge in [0.05, 0.1) is 14.2 Å². The van der Waals surface area contributed by atoms with E-state index in [1.54, 1.807) is 14.2 Å². The lowest BCUT2D eigenvalue weighted by Crippen LogP contribution is -2.36. The summed E-state index contributed by atoms with van der Waals surface area (Å²) in [6.45, 7) is 0.319. The minimum absolute atomic E-state index is 0.319. The van der Waals surface area contributed by atoms with Crippen molar-refractivity contribution < 1.29 is 19.0 Å². The third kappa shape index (κ3) is 4.58. The molecular formula is C27H28BrNO4. The van der Waals surface area contributed by atoms with Gasteiger partial charge in [-0.05, 0) is 48.1 Å². The fraction of sp³-hybridized carbons (Fsp3) is 0.296. The average Bonchev–Trinajstić information content (AvgIpc) is 3.13. The van der Waals surface area contributed by atoms with Crippen LogP contribution in [-0.4, -0.2) is 25.6 Å². The van der Waals surface area contributed by atoms with E-state index in [0.29, 0.717) is 18.0 Å². The topological polar surface area (TPSA) is 56.8 Å². The Labute approximate surface area is 203 Å². The predicted octanol–water partition coefficient (Wildman–Crippen LogP) is 6.42. The van der Waals surface area contributed by atoms with Gasteiger partial charge in [0.15, 0.2) is 17.1 Å². The third-order valence-corrected chi connectivity index (χ3v) is 6.64. The number of rotatable bonds is 9. The van der Waals surface area contributed by atoms with E-state index in [0.717, 1.165) is 52.4 Å². The largest absolute Gasteiger partial charge is 0.493 e. The zero-order chi connectivity index (χ0) is 23.3. The number of fused-ring (bicyclic) bond motifs is 3. The van der Waals surface area contributed by atoms with Crippen LogP contribution in [-0.2, 0) is 16.9 Å². The highest BCUT2D eigenvalue weighted by Gasteiger charge is 2.46. The molecule has 3 aromatic rings. The van der Waals surface area contributed by atoms with Gasteiger partial charge in [0, 0.05) is 23.0 Å². The number of amides is 1. The maximum absolute atomic E-state index is 13.1. The van der Waals surface area contributed by atoms with Gasteiger partial charge >= 0.3 is 6.09 Å². The Hall–Kier alpha value is -2.99. The first-order valence-corrected chi connectivity index (χ1v) is 12.2. The van der Waals surface area contributed by atoms with Crippen LogP contribution in [0.25, 0.3) is 11.1 Å². The molecule has 0 aromatic heterocycles. The van der Waals surface area contributed by atoms with E-state index in [9.17, 15) is 4.79 Å². The standard InChI is InChI=1S/C27H28BrNO4/c1-31-24-14-13-19(17-25(24)32-2)18-29-26(30)33-27(15-7-8-16-28)22-11-5-3-9-20(22)21-10-4-6-12-23(21)27/h3-6,9-14,17H,7-8,15-16,18H2,1-2H3,(H,29,30). The molecule has 5 nitrogen and oxygen atoms in total. The molecule has 0 saturated carbocycles. The second-order valence-corrected chi connectivity index (χ2v) is 8.79. The van der Waals surface area contributed by atoms with Gasteiger partial charge < -0.3 is 19.5 Å². The summed E-state index contributed by atoms with van der Waals surface area (Å²) >= 11 is 3.52. The minimum atomic E-state index is -0.808. The Bertz CT molecular complexity index is 1090. The van der Waals surface area contributed by atoms with Crippen molar-refractivity contribution in [3.63, 3.8) is 0 Å². The summed E-state index contributed by atoms with van der Waals surface area (Å²) < 4.78 is 17.0. The summed E-state index contributed by atoms with van der Waals surface area (Å²) in [5.74, 6) is 1.27. The lowest BCUT2D eigenvalue weighted by atomic mass is 9.86. The molecule has 0 atom stereocenters. The molecule has 172 valence electrons. The van der Waals surface area contributed by atoms with E-state index in [2.05, 4.69) is 45.5 Å². The first-order valence-electron chi connectivity index (χ1n) is 11.1. The fourth-order valence-electron chi connectivity index (χ4n) is 4.54. The van der Waals surface area contributed by atoms with Crippen molar-refractivity contribution in [3.8, 4) is 22.6 Å². The number of alkyl halides is 1. The summed E-state index contributed by atoms with van der Waals surface area (Å²) in [6, 6.07) is 22.0. The number of hydrogen-bond acceptors (Lipinski definition) is 4. The Morgan fingerprint density at radius 2 is 1.52 bits per heavy atom. The zero-order valence-corrected chi connectivity index (χ0v) is 20.5. The maximum Gasteiger partial charge on any atom is 0.408 e. The number of nitrogens with one attached hydrogen (secondary N) is 1. The van der Waals surface area contributed by atoms with Gasteiger partial charge in [0.25, 0.3) is 0 Å². The third-order valence-electron chi connectivity index (χ3n) is 6.08. The number of unbranched alkanes of at least 4 members (excludes halogenated alkanes) is 1. The number of benzene rings is 3. The van der Waals surface area contributed by atoms with Crippen molar-refractivity contribution in [3.05, 3.63) is 83.4 Å². The Balaban J connectivity index is 1.59. The molecule has 0 saturated heterocycles. The van der Waals surface area contributed by atoms with Crippen molar-refractivity contribution in [2.24, 2.45) is 0 Å². The molecule has 0 fully saturated rings. The van der Waals surface area contributed by atoms with Gasteiger partial charge in [-0.1, -0.05) is 70.5 Å². The SMILES string of the molecule is COc1ccc(CNC(=O)OC2(CCCCBr)c3ccccc3-c3ccccc32)cc1OC. The van der Waals surface area contributed by atoms with Gasteiger partial charge in [-0.15, -0.1) is 0 Å². The molecule has 0 bridgehead atoms. The molecule has 3 aromatic carbocycles. The van der Waals surface area contributed by atoms with Crippen LogP contribution >= 0.6 is 15.9 Å². The van der Waals surface area contributed by atoms with E-state index < -0.39 is 11.7 Å². The summed E-state index contributed by atoms with van der Waals surface area (Å²) in [5.41, 5.74) is 4.42. The highest BCUT2D eigenvalue weighted by Crippen LogP contribution is 2.52. The van der Waals surface area contributed by atoms with Crippen molar-refractivity contribution in [1.29, 1.82) is 0 Å². The molecule has 0 radical (unpaired) electrons. The quantitative estimate of drug-likeness (QED) is 0.267. The van der Waals surface area contributed by atoms with E-state index in [1.165, 1.54) is 0 Å². The molecule has 0 aliphatic heterocycles. The number of alkyl carbamates (subject to hydrolysis) is 1. The van der Waals surface area contributed by atoms with Gasteiger partial charge in [-0.3, -0.25) is 0 Å². The first-order chi connectivity index (χ1) is 16.1. The fourth-order valence-corrected chi connectivity index (χ4v) is 4.94. The molecule has 0 heterocycles. The highest BCUT2D eigenvalue weighted by molar-refractivity contribution is 9.09. The molecule has 4 rings (SSSR count). The molecule has 0 spiro atoms. The summed E-state index contributed by atoms with van der Waals surface area (Å²) in [7, 11) is 3.19. The molecule has 0 unspecified atom stereocenters. The van der Waals surface area contributed by atoms with Crippen LogP contribution in [0.5, 0.6) is 11.5 Å². The maximum atomic E-state index is 13.1. The molecule has 1 N–H and O–H groups in total. The number of carbonyl (C=O) groups excluding carboxylic acids is 1. The average molecular weight is 510 g/mol. The monoisotopic (exact) mass is 509 g/mol. The smallest absolute Gasteiger partial charge is 0.408 e. The molecule has 1 amide bonds. The molecule has 6 heteroatoms. The lowest BCUT2D eigenvalue weighted by Gasteiger charge is -2.32. The van der Waals surface area contributed by atoms with Crippen LogP contribution in [0.2, 0.25) is 0 Å². The van der Waals surface area contributed by atoms with Crippen LogP contribution in [0.15, 0.2) is 66.7 Å². The molecule has 1 aliphatic rings. The lowest BCUT2D eigenvalue weighted by molar-refractivity contribution is 0.0334. The number of carbonyl (C=O) groups is 1. The van der Waals surface area contributed by atoms with Crippen LogP contribution in [0.1, 0.15) is 36.0 Å². The Morgan fingerprint density at radius 3 is 2.12 bits per heavy atom. The van der Waals surface area contributed by atoms with Crippen molar-refractivity contribution in [1.82, 2.24) is 5.32 Å². The summed E-state index contributed by atoms with van der Waals surface area (Å²) in [6.07, 6.45) is 2.20. The number of methoxy groups -OCH3 is 2. The molecule has 1 aliphatic carbocycles. The molecular weight excluding hydrogens is 482 g/mol. The van der Waals surface area contributed by atoms with Crippen molar-refractivity contribution in [2.75, 3.05) is 19.5 Å². The predicted molar refractivity (Wildman–Crippen MR) is 133 cm³/mol. The normalized spacial score (nSPS) is 13.1. The first kappa shape index (κ1) is 23.2. The van der Waals surface area contributed by atoms with E-state index in [-0.39, 0.29) is 0 Å². The second-order valence-electron chi connectivity index (χ2n) is 8.00.